The van der Waals surface area contributed by atoms with Gasteiger partial charge in [-0.3, -0.25) is 4.79 Å². The van der Waals surface area contributed by atoms with Crippen LogP contribution in [0.2, 0.25) is 0 Å². The van der Waals surface area contributed by atoms with Gasteiger partial charge in [-0.1, -0.05) is 0 Å². The molecule has 0 aliphatic rings. The number of rotatable bonds is 6. The Morgan fingerprint density at radius 2 is 2.25 bits per heavy atom. The third kappa shape index (κ3) is 6.12. The average Bonchev–Trinajstić information content (AvgIpc) is 2.04. The Balaban J connectivity index is 3.24. The number of ether oxygens (including phenoxy) is 2. The van der Waals surface area contributed by atoms with E-state index in [1.165, 1.54) is 7.11 Å². The molecular weight excluding hydrogens is 160 g/mol. The third-order valence-corrected chi connectivity index (χ3v) is 1.42. The summed E-state index contributed by atoms with van der Waals surface area (Å²) in [7, 11) is 1.35. The molecule has 0 amide bonds. The lowest BCUT2D eigenvalue weighted by molar-refractivity contribution is -0.141. The predicted molar refractivity (Wildman–Crippen MR) is 43.5 cm³/mol. The lowest BCUT2D eigenvalue weighted by Gasteiger charge is -2.08. The van der Waals surface area contributed by atoms with Gasteiger partial charge >= 0.3 is 5.97 Å². The van der Waals surface area contributed by atoms with E-state index in [0.29, 0.717) is 25.9 Å². The summed E-state index contributed by atoms with van der Waals surface area (Å²) in [6.45, 7) is 2.29. The Kier molecular flexibility index (Phi) is 6.70. The van der Waals surface area contributed by atoms with Crippen LogP contribution in [0.3, 0.4) is 0 Å². The van der Waals surface area contributed by atoms with Gasteiger partial charge in [-0.05, 0) is 19.8 Å². The van der Waals surface area contributed by atoms with Gasteiger partial charge in [-0.25, -0.2) is 0 Å². The van der Waals surface area contributed by atoms with Gasteiger partial charge in [0.15, 0.2) is 6.29 Å². The van der Waals surface area contributed by atoms with Crippen molar-refractivity contribution in [1.82, 2.24) is 0 Å². The van der Waals surface area contributed by atoms with Crippen molar-refractivity contribution in [3.63, 3.8) is 0 Å². The molecule has 0 fully saturated rings. The van der Waals surface area contributed by atoms with Gasteiger partial charge < -0.3 is 14.6 Å². The van der Waals surface area contributed by atoms with Crippen LogP contribution in [0.25, 0.3) is 0 Å². The highest BCUT2D eigenvalue weighted by Crippen LogP contribution is 2.02. The smallest absolute Gasteiger partial charge is 0.305 e. The largest absolute Gasteiger partial charge is 0.469 e. The first-order chi connectivity index (χ1) is 5.70. The van der Waals surface area contributed by atoms with Crippen molar-refractivity contribution in [1.29, 1.82) is 0 Å². The SMILES string of the molecule is CCOC(O)CCCC(=O)OC. The van der Waals surface area contributed by atoms with E-state index in [-0.39, 0.29) is 5.97 Å². The molecule has 0 radical (unpaired) electrons. The molecule has 1 N–H and O–H groups in total. The molecule has 0 aliphatic carbocycles. The lowest BCUT2D eigenvalue weighted by atomic mass is 10.2. The second kappa shape index (κ2) is 7.06. The van der Waals surface area contributed by atoms with Crippen LogP contribution in [-0.2, 0) is 14.3 Å². The number of carbonyl (C=O) groups excluding carboxylic acids is 1. The van der Waals surface area contributed by atoms with E-state index in [1.807, 2.05) is 6.92 Å². The fraction of sp³-hybridized carbons (Fsp3) is 0.875. The van der Waals surface area contributed by atoms with Gasteiger partial charge in [0.1, 0.15) is 0 Å². The van der Waals surface area contributed by atoms with Gasteiger partial charge in [0.05, 0.1) is 7.11 Å². The van der Waals surface area contributed by atoms with E-state index >= 15 is 0 Å². The van der Waals surface area contributed by atoms with Crippen LogP contribution in [0.15, 0.2) is 0 Å². The Morgan fingerprint density at radius 3 is 2.75 bits per heavy atom. The minimum atomic E-state index is -0.750. The highest BCUT2D eigenvalue weighted by atomic mass is 16.6. The molecule has 4 nitrogen and oxygen atoms in total. The van der Waals surface area contributed by atoms with E-state index in [0.717, 1.165) is 0 Å². The van der Waals surface area contributed by atoms with Crippen molar-refractivity contribution in [3.05, 3.63) is 0 Å². The van der Waals surface area contributed by atoms with E-state index in [9.17, 15) is 4.79 Å². The Morgan fingerprint density at radius 1 is 1.58 bits per heavy atom. The molecule has 0 bridgehead atoms. The van der Waals surface area contributed by atoms with Crippen LogP contribution >= 0.6 is 0 Å². The highest BCUT2D eigenvalue weighted by molar-refractivity contribution is 5.68. The first-order valence-corrected chi connectivity index (χ1v) is 4.07. The summed E-state index contributed by atoms with van der Waals surface area (Å²) in [6, 6.07) is 0. The van der Waals surface area contributed by atoms with Crippen LogP contribution in [0.5, 0.6) is 0 Å². The van der Waals surface area contributed by atoms with Crippen LogP contribution in [0.1, 0.15) is 26.2 Å². The minimum Gasteiger partial charge on any atom is -0.469 e. The lowest BCUT2D eigenvalue weighted by Crippen LogP contribution is -2.12. The van der Waals surface area contributed by atoms with Crippen LogP contribution in [0, 0.1) is 0 Å². The fourth-order valence-electron chi connectivity index (χ4n) is 0.799. The molecule has 0 saturated carbocycles. The third-order valence-electron chi connectivity index (χ3n) is 1.42. The van der Waals surface area contributed by atoms with Crippen molar-refractivity contribution in [2.75, 3.05) is 13.7 Å². The number of aliphatic hydroxyl groups is 1. The molecule has 0 aliphatic heterocycles. The van der Waals surface area contributed by atoms with Gasteiger partial charge in [-0.15, -0.1) is 0 Å². The summed E-state index contributed by atoms with van der Waals surface area (Å²) >= 11 is 0. The van der Waals surface area contributed by atoms with Crippen LogP contribution < -0.4 is 0 Å². The van der Waals surface area contributed by atoms with Crippen molar-refractivity contribution >= 4 is 5.97 Å². The molecule has 0 aromatic rings. The first-order valence-electron chi connectivity index (χ1n) is 4.07. The average molecular weight is 176 g/mol. The second-order valence-corrected chi connectivity index (χ2v) is 2.38. The zero-order valence-electron chi connectivity index (χ0n) is 7.58. The molecule has 1 unspecified atom stereocenters. The first kappa shape index (κ1) is 11.4. The Bertz CT molecular complexity index is 124. The van der Waals surface area contributed by atoms with Gasteiger partial charge in [0.25, 0.3) is 0 Å². The zero-order chi connectivity index (χ0) is 9.40. The Hall–Kier alpha value is -0.610. The summed E-state index contributed by atoms with van der Waals surface area (Å²) in [4.78, 5) is 10.6. The number of aliphatic hydroxyl groups excluding tert-OH is 1. The van der Waals surface area contributed by atoms with E-state index in [1.54, 1.807) is 0 Å². The van der Waals surface area contributed by atoms with Crippen molar-refractivity contribution in [2.45, 2.75) is 32.5 Å². The van der Waals surface area contributed by atoms with Gasteiger partial charge in [0, 0.05) is 13.0 Å². The summed E-state index contributed by atoms with van der Waals surface area (Å²) in [5, 5.41) is 9.06. The summed E-state index contributed by atoms with van der Waals surface area (Å²) < 4.78 is 9.29. The topological polar surface area (TPSA) is 55.8 Å². The van der Waals surface area contributed by atoms with Crippen molar-refractivity contribution in [3.8, 4) is 0 Å². The molecule has 0 spiro atoms. The molecular formula is C8H16O4. The molecule has 72 valence electrons. The number of methoxy groups -OCH3 is 1. The highest BCUT2D eigenvalue weighted by Gasteiger charge is 2.05. The molecule has 4 heteroatoms. The maximum atomic E-state index is 10.6. The van der Waals surface area contributed by atoms with Gasteiger partial charge in [0.2, 0.25) is 0 Å². The quantitative estimate of drug-likeness (QED) is 0.477. The molecule has 0 aromatic heterocycles. The summed E-state index contributed by atoms with van der Waals surface area (Å²) in [6.07, 6.45) is 0.650. The number of esters is 1. The maximum absolute atomic E-state index is 10.6. The molecule has 12 heavy (non-hydrogen) atoms. The van der Waals surface area contributed by atoms with Gasteiger partial charge in [-0.2, -0.15) is 0 Å². The summed E-state index contributed by atoms with van der Waals surface area (Å²) in [5.41, 5.74) is 0. The molecule has 0 aromatic carbocycles. The Labute approximate surface area is 72.5 Å². The molecule has 1 atom stereocenters. The second-order valence-electron chi connectivity index (χ2n) is 2.38. The number of carbonyl (C=O) groups is 1. The van der Waals surface area contributed by atoms with Crippen molar-refractivity contribution < 1.29 is 19.4 Å². The van der Waals surface area contributed by atoms with E-state index in [4.69, 9.17) is 9.84 Å². The maximum Gasteiger partial charge on any atom is 0.305 e. The van der Waals surface area contributed by atoms with Crippen LogP contribution in [-0.4, -0.2) is 31.1 Å². The molecule has 0 heterocycles. The molecule has 0 rings (SSSR count). The fourth-order valence-corrected chi connectivity index (χ4v) is 0.799. The minimum absolute atomic E-state index is 0.251. The molecule has 0 saturated heterocycles. The van der Waals surface area contributed by atoms with Crippen LogP contribution in [0.4, 0.5) is 0 Å². The predicted octanol–water partition coefficient (Wildman–Crippen LogP) is 0.685. The monoisotopic (exact) mass is 176 g/mol. The summed E-state index contributed by atoms with van der Waals surface area (Å²) in [5.74, 6) is -0.251. The van der Waals surface area contributed by atoms with E-state index in [2.05, 4.69) is 4.74 Å². The number of hydrogen-bond donors (Lipinski definition) is 1. The number of hydrogen-bond acceptors (Lipinski definition) is 4. The zero-order valence-corrected chi connectivity index (χ0v) is 7.58. The van der Waals surface area contributed by atoms with Crippen molar-refractivity contribution in [2.24, 2.45) is 0 Å². The normalized spacial score (nSPS) is 12.6. The van der Waals surface area contributed by atoms with E-state index < -0.39 is 6.29 Å². The standard InChI is InChI=1S/C8H16O4/c1-3-12-8(10)6-4-5-7(9)11-2/h8,10H,3-6H2,1-2H3.